The normalized spacial score (nSPS) is 14.8. The van der Waals surface area contributed by atoms with E-state index in [9.17, 15) is 9.59 Å². The van der Waals surface area contributed by atoms with Crippen molar-refractivity contribution in [2.75, 3.05) is 0 Å². The molecule has 0 bridgehead atoms. The molecular formula is C22H20ClN5O2. The number of halogens is 1. The summed E-state index contributed by atoms with van der Waals surface area (Å²) in [5.74, 6) is 0.392. The molecule has 0 aliphatic carbocycles. The van der Waals surface area contributed by atoms with Gasteiger partial charge in [-0.05, 0) is 36.3 Å². The van der Waals surface area contributed by atoms with Gasteiger partial charge in [-0.2, -0.15) is 0 Å². The molecule has 1 aliphatic rings. The van der Waals surface area contributed by atoms with E-state index < -0.39 is 0 Å². The summed E-state index contributed by atoms with van der Waals surface area (Å²) in [5.41, 5.74) is 8.67. The molecule has 2 aromatic carbocycles. The number of rotatable bonds is 3. The molecule has 4 rings (SSSR count). The number of amides is 2. The molecule has 1 aromatic heterocycles. The third-order valence-corrected chi connectivity index (χ3v) is 5.17. The van der Waals surface area contributed by atoms with Crippen molar-refractivity contribution >= 4 is 29.0 Å². The van der Waals surface area contributed by atoms with Crippen LogP contribution in [0.3, 0.4) is 0 Å². The second-order valence-electron chi connectivity index (χ2n) is 7.09. The standard InChI is InChI=1S/C22H20ClN5O2/c1-13-24-27-22-16(12-21(30)26-25-14(2)29)11-19(15-7-9-17(23)10-8-15)18-5-3-4-6-20(18)28(13)22/h3-11,16H,12H2,1-2H3,(H,25,29)(H,26,30)/t16-/m0/s1. The molecule has 2 amide bonds. The van der Waals surface area contributed by atoms with E-state index in [1.54, 1.807) is 0 Å². The lowest BCUT2D eigenvalue weighted by Gasteiger charge is -2.13. The van der Waals surface area contributed by atoms with Crippen LogP contribution in [-0.2, 0) is 9.59 Å². The number of fused-ring (bicyclic) bond motifs is 3. The zero-order chi connectivity index (χ0) is 21.3. The van der Waals surface area contributed by atoms with Crippen molar-refractivity contribution in [1.82, 2.24) is 25.6 Å². The molecule has 1 atom stereocenters. The maximum atomic E-state index is 12.5. The Morgan fingerprint density at radius 1 is 1.07 bits per heavy atom. The van der Waals surface area contributed by atoms with E-state index in [1.807, 2.05) is 66.1 Å². The topological polar surface area (TPSA) is 88.9 Å². The molecule has 152 valence electrons. The Kier molecular flexibility index (Phi) is 5.37. The van der Waals surface area contributed by atoms with Crippen LogP contribution in [0.15, 0.2) is 54.6 Å². The van der Waals surface area contributed by atoms with E-state index in [0.29, 0.717) is 10.8 Å². The zero-order valence-electron chi connectivity index (χ0n) is 16.5. The molecule has 3 aromatic rings. The Morgan fingerprint density at radius 2 is 1.80 bits per heavy atom. The number of nitrogens with one attached hydrogen (secondary N) is 2. The van der Waals surface area contributed by atoms with Gasteiger partial charge in [0.1, 0.15) is 11.6 Å². The average molecular weight is 422 g/mol. The minimum Gasteiger partial charge on any atom is -0.282 e. The van der Waals surface area contributed by atoms with Crippen molar-refractivity contribution in [2.45, 2.75) is 26.2 Å². The monoisotopic (exact) mass is 421 g/mol. The summed E-state index contributed by atoms with van der Waals surface area (Å²) < 4.78 is 1.98. The Labute approximate surface area is 178 Å². The molecule has 0 unspecified atom stereocenters. The van der Waals surface area contributed by atoms with E-state index in [1.165, 1.54) is 6.92 Å². The summed E-state index contributed by atoms with van der Waals surface area (Å²) in [5, 5.41) is 9.26. The van der Waals surface area contributed by atoms with Gasteiger partial charge in [-0.15, -0.1) is 10.2 Å². The number of hydrogen-bond donors (Lipinski definition) is 2. The summed E-state index contributed by atoms with van der Waals surface area (Å²) in [7, 11) is 0. The van der Waals surface area contributed by atoms with Gasteiger partial charge in [0.25, 0.3) is 0 Å². The quantitative estimate of drug-likeness (QED) is 0.635. The fourth-order valence-electron chi connectivity index (χ4n) is 3.62. The van der Waals surface area contributed by atoms with Crippen molar-refractivity contribution < 1.29 is 9.59 Å². The average Bonchev–Trinajstić information content (AvgIpc) is 3.05. The lowest BCUT2D eigenvalue weighted by molar-refractivity contribution is -0.128. The molecule has 2 heterocycles. The highest BCUT2D eigenvalue weighted by Crippen LogP contribution is 2.38. The van der Waals surface area contributed by atoms with Gasteiger partial charge in [0.05, 0.1) is 5.69 Å². The molecule has 1 aliphatic heterocycles. The van der Waals surface area contributed by atoms with E-state index in [4.69, 9.17) is 11.6 Å². The van der Waals surface area contributed by atoms with E-state index in [0.717, 1.165) is 28.2 Å². The van der Waals surface area contributed by atoms with Gasteiger partial charge in [-0.25, -0.2) is 0 Å². The smallest absolute Gasteiger partial charge is 0.239 e. The lowest BCUT2D eigenvalue weighted by Crippen LogP contribution is -2.40. The Morgan fingerprint density at radius 3 is 2.53 bits per heavy atom. The van der Waals surface area contributed by atoms with Crippen LogP contribution in [0.2, 0.25) is 5.02 Å². The summed E-state index contributed by atoms with van der Waals surface area (Å²) in [4.78, 5) is 23.6. The van der Waals surface area contributed by atoms with Gasteiger partial charge in [0.15, 0.2) is 0 Å². The third kappa shape index (κ3) is 3.84. The fraction of sp³-hybridized carbons (Fsp3) is 0.182. The highest BCUT2D eigenvalue weighted by atomic mass is 35.5. The van der Waals surface area contributed by atoms with Crippen LogP contribution in [0.1, 0.15) is 42.0 Å². The SMILES string of the molecule is CC(=O)NNC(=O)C[C@@H]1C=C(c2ccc(Cl)cc2)c2ccccc2-n2c(C)nnc21. The fourth-order valence-corrected chi connectivity index (χ4v) is 3.74. The maximum absolute atomic E-state index is 12.5. The number of para-hydroxylation sites is 1. The molecule has 2 N–H and O–H groups in total. The number of allylic oxidation sites excluding steroid dienone is 1. The first kappa shape index (κ1) is 19.8. The van der Waals surface area contributed by atoms with Gasteiger partial charge in [0, 0.05) is 29.8 Å². The van der Waals surface area contributed by atoms with Crippen LogP contribution in [0, 0.1) is 6.92 Å². The molecule has 0 radical (unpaired) electrons. The number of aryl methyl sites for hydroxylation is 1. The summed E-state index contributed by atoms with van der Waals surface area (Å²) >= 11 is 6.09. The highest BCUT2D eigenvalue weighted by molar-refractivity contribution is 6.30. The first-order valence-corrected chi connectivity index (χ1v) is 9.86. The predicted octanol–water partition coefficient (Wildman–Crippen LogP) is 3.32. The van der Waals surface area contributed by atoms with Crippen molar-refractivity contribution in [2.24, 2.45) is 0 Å². The van der Waals surface area contributed by atoms with Gasteiger partial charge >= 0.3 is 0 Å². The van der Waals surface area contributed by atoms with Gasteiger partial charge in [0.2, 0.25) is 11.8 Å². The van der Waals surface area contributed by atoms with Gasteiger partial charge in [-0.1, -0.05) is 48.0 Å². The molecule has 7 nitrogen and oxygen atoms in total. The van der Waals surface area contributed by atoms with Crippen LogP contribution in [0.5, 0.6) is 0 Å². The summed E-state index contributed by atoms with van der Waals surface area (Å²) in [6, 6.07) is 15.6. The molecule has 8 heteroatoms. The molecule has 30 heavy (non-hydrogen) atoms. The molecule has 0 saturated carbocycles. The molecule has 0 fully saturated rings. The van der Waals surface area contributed by atoms with Crippen LogP contribution in [0.4, 0.5) is 0 Å². The van der Waals surface area contributed by atoms with Crippen molar-refractivity contribution in [1.29, 1.82) is 0 Å². The van der Waals surface area contributed by atoms with Gasteiger partial charge in [-0.3, -0.25) is 25.0 Å². The highest BCUT2D eigenvalue weighted by Gasteiger charge is 2.28. The number of hydrazine groups is 1. The predicted molar refractivity (Wildman–Crippen MR) is 114 cm³/mol. The minimum atomic E-state index is -0.349. The van der Waals surface area contributed by atoms with Crippen LogP contribution < -0.4 is 10.9 Å². The van der Waals surface area contributed by atoms with E-state index >= 15 is 0 Å². The van der Waals surface area contributed by atoms with Crippen molar-refractivity contribution in [3.63, 3.8) is 0 Å². The number of nitrogens with zero attached hydrogens (tertiary/aromatic N) is 3. The lowest BCUT2D eigenvalue weighted by atomic mass is 9.92. The number of carbonyl (C=O) groups excluding carboxylic acids is 2. The van der Waals surface area contributed by atoms with E-state index in [2.05, 4.69) is 21.0 Å². The van der Waals surface area contributed by atoms with Crippen LogP contribution in [-0.4, -0.2) is 26.6 Å². The minimum absolute atomic E-state index is 0.101. The summed E-state index contributed by atoms with van der Waals surface area (Å²) in [6.07, 6.45) is 2.13. The molecule has 0 spiro atoms. The summed E-state index contributed by atoms with van der Waals surface area (Å²) in [6.45, 7) is 3.22. The van der Waals surface area contributed by atoms with Crippen molar-refractivity contribution in [3.8, 4) is 5.69 Å². The largest absolute Gasteiger partial charge is 0.282 e. The zero-order valence-corrected chi connectivity index (χ0v) is 17.3. The Hall–Kier alpha value is -3.45. The molecular weight excluding hydrogens is 402 g/mol. The van der Waals surface area contributed by atoms with Crippen molar-refractivity contribution in [3.05, 3.63) is 82.4 Å². The molecule has 0 saturated heterocycles. The maximum Gasteiger partial charge on any atom is 0.239 e. The Bertz CT molecular complexity index is 1150. The first-order valence-electron chi connectivity index (χ1n) is 9.49. The number of carbonyl (C=O) groups is 2. The van der Waals surface area contributed by atoms with Crippen LogP contribution in [0.25, 0.3) is 11.3 Å². The Balaban J connectivity index is 1.84. The second-order valence-corrected chi connectivity index (χ2v) is 7.52. The number of benzene rings is 2. The van der Waals surface area contributed by atoms with Crippen LogP contribution >= 0.6 is 11.6 Å². The third-order valence-electron chi connectivity index (χ3n) is 4.92. The first-order chi connectivity index (χ1) is 14.4. The van der Waals surface area contributed by atoms with Gasteiger partial charge < -0.3 is 0 Å². The van der Waals surface area contributed by atoms with E-state index in [-0.39, 0.29) is 24.2 Å². The second kappa shape index (κ2) is 8.12. The number of aromatic nitrogens is 3. The number of hydrogen-bond acceptors (Lipinski definition) is 4.